The summed E-state index contributed by atoms with van der Waals surface area (Å²) in [7, 11) is 3.15. The van der Waals surface area contributed by atoms with E-state index >= 15 is 0 Å². The molecule has 0 saturated carbocycles. The Bertz CT molecular complexity index is 331. The first-order valence-corrected chi connectivity index (χ1v) is 6.80. The molecule has 1 rings (SSSR count). The number of nitrogens with one attached hydrogen (secondary N) is 1. The third-order valence-electron chi connectivity index (χ3n) is 3.38. The zero-order valence-electron chi connectivity index (χ0n) is 12.3. The number of carboxylic acids is 1. The molecule has 116 valence electrons. The summed E-state index contributed by atoms with van der Waals surface area (Å²) < 4.78 is 10.7. The molecule has 0 aromatic rings. The normalized spacial score (nSPS) is 21.2. The molecule has 0 spiro atoms. The fourth-order valence-electron chi connectivity index (χ4n) is 2.18. The van der Waals surface area contributed by atoms with Gasteiger partial charge in [-0.1, -0.05) is 6.92 Å². The summed E-state index contributed by atoms with van der Waals surface area (Å²) >= 11 is 0. The lowest BCUT2D eigenvalue weighted by atomic mass is 10.1. The van der Waals surface area contributed by atoms with Crippen molar-refractivity contribution in [3.63, 3.8) is 0 Å². The molecule has 7 heteroatoms. The standard InChI is InChI=1S/C13H24N2O5/c1-9(12(16)17)7-15(2)13(18)14-10(8-19-3)11-5-4-6-20-11/h9-11H,4-8H2,1-3H3,(H,14,18)(H,16,17). The van der Waals surface area contributed by atoms with E-state index in [1.165, 1.54) is 4.90 Å². The molecule has 1 aliphatic heterocycles. The molecule has 7 nitrogen and oxygen atoms in total. The number of methoxy groups -OCH3 is 1. The second kappa shape index (κ2) is 8.06. The van der Waals surface area contributed by atoms with Gasteiger partial charge in [-0.3, -0.25) is 4.79 Å². The molecule has 2 N–H and O–H groups in total. The van der Waals surface area contributed by atoms with Crippen LogP contribution in [0.5, 0.6) is 0 Å². The molecule has 20 heavy (non-hydrogen) atoms. The van der Waals surface area contributed by atoms with Crippen molar-refractivity contribution in [2.45, 2.75) is 31.9 Å². The topological polar surface area (TPSA) is 88.1 Å². The van der Waals surface area contributed by atoms with Crippen molar-refractivity contribution in [1.29, 1.82) is 0 Å². The van der Waals surface area contributed by atoms with E-state index in [9.17, 15) is 9.59 Å². The maximum Gasteiger partial charge on any atom is 0.317 e. The summed E-state index contributed by atoms with van der Waals surface area (Å²) in [5.41, 5.74) is 0. The van der Waals surface area contributed by atoms with Crippen molar-refractivity contribution in [2.24, 2.45) is 5.92 Å². The fourth-order valence-corrected chi connectivity index (χ4v) is 2.18. The van der Waals surface area contributed by atoms with E-state index in [1.54, 1.807) is 21.1 Å². The Hall–Kier alpha value is -1.34. The minimum atomic E-state index is -0.919. The molecule has 0 aliphatic carbocycles. The van der Waals surface area contributed by atoms with E-state index in [2.05, 4.69) is 5.32 Å². The van der Waals surface area contributed by atoms with E-state index in [4.69, 9.17) is 14.6 Å². The van der Waals surface area contributed by atoms with Crippen LogP contribution in [-0.2, 0) is 14.3 Å². The van der Waals surface area contributed by atoms with Crippen LogP contribution in [0.4, 0.5) is 4.79 Å². The van der Waals surface area contributed by atoms with Gasteiger partial charge in [0.25, 0.3) is 0 Å². The predicted octanol–water partition coefficient (Wildman–Crippen LogP) is 0.543. The monoisotopic (exact) mass is 288 g/mol. The Kier molecular flexibility index (Phi) is 6.74. The van der Waals surface area contributed by atoms with Gasteiger partial charge in [-0.2, -0.15) is 0 Å². The zero-order chi connectivity index (χ0) is 15.1. The summed E-state index contributed by atoms with van der Waals surface area (Å²) in [6.07, 6.45) is 1.83. The van der Waals surface area contributed by atoms with E-state index in [0.29, 0.717) is 13.2 Å². The Labute approximate surface area is 119 Å². The summed E-state index contributed by atoms with van der Waals surface area (Å²) in [6.45, 7) is 2.80. The first kappa shape index (κ1) is 16.7. The summed E-state index contributed by atoms with van der Waals surface area (Å²) in [4.78, 5) is 24.2. The molecule has 0 aromatic carbocycles. The Balaban J connectivity index is 2.49. The van der Waals surface area contributed by atoms with Gasteiger partial charge in [0.05, 0.1) is 24.7 Å². The lowest BCUT2D eigenvalue weighted by Crippen LogP contribution is -2.51. The smallest absolute Gasteiger partial charge is 0.317 e. The maximum absolute atomic E-state index is 12.1. The van der Waals surface area contributed by atoms with Gasteiger partial charge in [0.15, 0.2) is 0 Å². The Morgan fingerprint density at radius 1 is 1.55 bits per heavy atom. The molecule has 3 unspecified atom stereocenters. The molecule has 0 aromatic heterocycles. The minimum absolute atomic E-state index is 0.0378. The number of urea groups is 1. The molecule has 2 amide bonds. The highest BCUT2D eigenvalue weighted by molar-refractivity contribution is 5.76. The number of amides is 2. The number of ether oxygens (including phenoxy) is 2. The van der Waals surface area contributed by atoms with Crippen molar-refractivity contribution < 1.29 is 24.2 Å². The van der Waals surface area contributed by atoms with Crippen LogP contribution < -0.4 is 5.32 Å². The molecular weight excluding hydrogens is 264 g/mol. The van der Waals surface area contributed by atoms with Gasteiger partial charge in [-0.15, -0.1) is 0 Å². The van der Waals surface area contributed by atoms with Crippen molar-refractivity contribution in [1.82, 2.24) is 10.2 Å². The summed E-state index contributed by atoms with van der Waals surface area (Å²) in [5, 5.41) is 11.7. The second-order valence-corrected chi connectivity index (χ2v) is 5.18. The SMILES string of the molecule is COCC(NC(=O)N(C)CC(C)C(=O)O)C1CCCO1. The van der Waals surface area contributed by atoms with Crippen LogP contribution in [0.25, 0.3) is 0 Å². The van der Waals surface area contributed by atoms with Gasteiger partial charge in [0.1, 0.15) is 0 Å². The summed E-state index contributed by atoms with van der Waals surface area (Å²) in [6, 6.07) is -0.520. The van der Waals surface area contributed by atoms with Crippen LogP contribution in [0, 0.1) is 5.92 Å². The lowest BCUT2D eigenvalue weighted by Gasteiger charge is -2.27. The van der Waals surface area contributed by atoms with Gasteiger partial charge in [-0.25, -0.2) is 4.79 Å². The van der Waals surface area contributed by atoms with Crippen LogP contribution in [0.2, 0.25) is 0 Å². The molecule has 1 heterocycles. The predicted molar refractivity (Wildman–Crippen MR) is 72.6 cm³/mol. The average Bonchev–Trinajstić information content (AvgIpc) is 2.91. The molecule has 0 bridgehead atoms. The lowest BCUT2D eigenvalue weighted by molar-refractivity contribution is -0.141. The Morgan fingerprint density at radius 3 is 2.75 bits per heavy atom. The van der Waals surface area contributed by atoms with Gasteiger partial charge in [0.2, 0.25) is 0 Å². The molecule has 3 atom stereocenters. The minimum Gasteiger partial charge on any atom is -0.481 e. The van der Waals surface area contributed by atoms with Crippen LogP contribution in [0.3, 0.4) is 0 Å². The number of aliphatic carboxylic acids is 1. The van der Waals surface area contributed by atoms with Crippen molar-refractivity contribution >= 4 is 12.0 Å². The van der Waals surface area contributed by atoms with Crippen LogP contribution in [-0.4, -0.2) is 68.1 Å². The number of carbonyl (C=O) groups excluding carboxylic acids is 1. The zero-order valence-corrected chi connectivity index (χ0v) is 12.3. The third kappa shape index (κ3) is 4.97. The highest BCUT2D eigenvalue weighted by atomic mass is 16.5. The first-order chi connectivity index (χ1) is 9.45. The first-order valence-electron chi connectivity index (χ1n) is 6.80. The molecule has 1 aliphatic rings. The molecule has 0 radical (unpaired) electrons. The number of carbonyl (C=O) groups is 2. The van der Waals surface area contributed by atoms with Crippen molar-refractivity contribution in [2.75, 3.05) is 33.9 Å². The number of hydrogen-bond acceptors (Lipinski definition) is 4. The van der Waals surface area contributed by atoms with Crippen molar-refractivity contribution in [3.05, 3.63) is 0 Å². The third-order valence-corrected chi connectivity index (χ3v) is 3.38. The van der Waals surface area contributed by atoms with Crippen LogP contribution in [0.15, 0.2) is 0 Å². The quantitative estimate of drug-likeness (QED) is 0.714. The summed E-state index contributed by atoms with van der Waals surface area (Å²) in [5.74, 6) is -1.52. The number of hydrogen-bond donors (Lipinski definition) is 2. The van der Waals surface area contributed by atoms with Gasteiger partial charge >= 0.3 is 12.0 Å². The fraction of sp³-hybridized carbons (Fsp3) is 0.846. The number of nitrogens with zero attached hydrogens (tertiary/aromatic N) is 1. The van der Waals surface area contributed by atoms with E-state index < -0.39 is 11.9 Å². The van der Waals surface area contributed by atoms with Crippen LogP contribution >= 0.6 is 0 Å². The van der Waals surface area contributed by atoms with Crippen molar-refractivity contribution in [3.8, 4) is 0 Å². The van der Waals surface area contributed by atoms with Crippen LogP contribution in [0.1, 0.15) is 19.8 Å². The molecular formula is C13H24N2O5. The number of rotatable bonds is 7. The van der Waals surface area contributed by atoms with Gasteiger partial charge in [-0.05, 0) is 12.8 Å². The largest absolute Gasteiger partial charge is 0.481 e. The highest BCUT2D eigenvalue weighted by Crippen LogP contribution is 2.16. The van der Waals surface area contributed by atoms with E-state index in [-0.39, 0.29) is 24.7 Å². The van der Waals surface area contributed by atoms with E-state index in [0.717, 1.165) is 12.8 Å². The van der Waals surface area contributed by atoms with Gasteiger partial charge in [0, 0.05) is 27.3 Å². The maximum atomic E-state index is 12.1. The van der Waals surface area contributed by atoms with Gasteiger partial charge < -0.3 is 24.8 Å². The second-order valence-electron chi connectivity index (χ2n) is 5.18. The molecule has 1 fully saturated rings. The van der Waals surface area contributed by atoms with E-state index in [1.807, 2.05) is 0 Å². The molecule has 1 saturated heterocycles. The Morgan fingerprint density at radius 2 is 2.25 bits per heavy atom. The number of carboxylic acid groups (broad SMARTS) is 1. The highest BCUT2D eigenvalue weighted by Gasteiger charge is 2.28. The average molecular weight is 288 g/mol.